The maximum Gasteiger partial charge on any atom is 0.307 e. The van der Waals surface area contributed by atoms with Crippen molar-refractivity contribution in [2.24, 2.45) is 17.3 Å². The molecule has 0 aliphatic heterocycles. The zero-order chi connectivity index (χ0) is 24.4. The molecule has 7 rings (SSSR count). The molecule has 3 atom stereocenters. The highest BCUT2D eigenvalue weighted by atomic mass is 79.9. The van der Waals surface area contributed by atoms with E-state index in [4.69, 9.17) is 13.9 Å². The predicted molar refractivity (Wildman–Crippen MR) is 138 cm³/mol. The van der Waals surface area contributed by atoms with Crippen LogP contribution in [0.25, 0.3) is 21.9 Å². The summed E-state index contributed by atoms with van der Waals surface area (Å²) in [5.74, 6) is 1.24. The molecule has 1 heterocycles. The van der Waals surface area contributed by atoms with Gasteiger partial charge in [-0.2, -0.15) is 0 Å². The molecule has 0 unspecified atom stereocenters. The number of halogens is 1. The summed E-state index contributed by atoms with van der Waals surface area (Å²) in [7, 11) is 1.56. The number of anilines is 1. The molecule has 2 aromatic carbocycles. The van der Waals surface area contributed by atoms with E-state index in [0.717, 1.165) is 35.6 Å². The van der Waals surface area contributed by atoms with Gasteiger partial charge in [-0.3, -0.25) is 9.59 Å². The van der Waals surface area contributed by atoms with Crippen molar-refractivity contribution in [1.82, 2.24) is 0 Å². The van der Waals surface area contributed by atoms with Crippen LogP contribution in [0.5, 0.6) is 5.75 Å². The second kappa shape index (κ2) is 8.26. The number of fused-ring (bicyclic) bond motifs is 3. The van der Waals surface area contributed by atoms with E-state index >= 15 is 0 Å². The van der Waals surface area contributed by atoms with Gasteiger partial charge < -0.3 is 19.2 Å². The van der Waals surface area contributed by atoms with Gasteiger partial charge in [-0.25, -0.2) is 0 Å². The van der Waals surface area contributed by atoms with E-state index in [1.54, 1.807) is 20.1 Å². The maximum atomic E-state index is 13.0. The Labute approximate surface area is 212 Å². The Balaban J connectivity index is 1.15. The number of hydrogen-bond acceptors (Lipinski definition) is 5. The minimum atomic E-state index is -0.912. The zero-order valence-electron chi connectivity index (χ0n) is 20.1. The van der Waals surface area contributed by atoms with E-state index in [1.807, 2.05) is 30.3 Å². The van der Waals surface area contributed by atoms with Gasteiger partial charge in [0.15, 0.2) is 6.10 Å². The Morgan fingerprint density at radius 2 is 1.86 bits per heavy atom. The van der Waals surface area contributed by atoms with Crippen LogP contribution in [-0.4, -0.2) is 29.4 Å². The van der Waals surface area contributed by atoms with E-state index in [-0.39, 0.29) is 15.7 Å². The second-order valence-corrected chi connectivity index (χ2v) is 12.7. The quantitative estimate of drug-likeness (QED) is 0.282. The van der Waals surface area contributed by atoms with E-state index in [1.165, 1.54) is 19.3 Å². The first-order chi connectivity index (χ1) is 16.7. The van der Waals surface area contributed by atoms with Gasteiger partial charge in [0.05, 0.1) is 19.2 Å². The fourth-order valence-electron chi connectivity index (χ4n) is 7.39. The molecule has 4 saturated carbocycles. The molecule has 35 heavy (non-hydrogen) atoms. The number of carbonyl (C=O) groups is 2. The molecule has 184 valence electrons. The van der Waals surface area contributed by atoms with E-state index in [9.17, 15) is 9.59 Å². The summed E-state index contributed by atoms with van der Waals surface area (Å²) >= 11 is 4.00. The smallest absolute Gasteiger partial charge is 0.307 e. The highest BCUT2D eigenvalue weighted by molar-refractivity contribution is 9.10. The molecule has 0 radical (unpaired) electrons. The molecule has 1 aromatic heterocycles. The maximum absolute atomic E-state index is 13.0. The molecule has 4 aliphatic carbocycles. The van der Waals surface area contributed by atoms with Crippen LogP contribution in [0, 0.1) is 17.3 Å². The van der Waals surface area contributed by atoms with Gasteiger partial charge >= 0.3 is 5.97 Å². The molecule has 4 aliphatic rings. The number of rotatable bonds is 6. The van der Waals surface area contributed by atoms with Crippen molar-refractivity contribution in [1.29, 1.82) is 0 Å². The summed E-state index contributed by atoms with van der Waals surface area (Å²) in [5, 5.41) is 4.75. The van der Waals surface area contributed by atoms with Crippen LogP contribution in [0.4, 0.5) is 5.69 Å². The largest absolute Gasteiger partial charge is 0.495 e. The van der Waals surface area contributed by atoms with E-state index in [2.05, 4.69) is 21.2 Å². The number of methoxy groups -OCH3 is 1. The lowest BCUT2D eigenvalue weighted by atomic mass is 9.49. The average Bonchev–Trinajstić information content (AvgIpc) is 3.13. The number of benzene rings is 2. The summed E-state index contributed by atoms with van der Waals surface area (Å²) in [6.45, 7) is 1.62. The molecular weight excluding hydrogens is 510 g/mol. The third-order valence-electron chi connectivity index (χ3n) is 8.26. The van der Waals surface area contributed by atoms with Crippen LogP contribution < -0.4 is 10.1 Å². The fraction of sp³-hybridized carbons (Fsp3) is 0.500. The number of esters is 1. The SMILES string of the molecule is COc1cc2c(cc1NC(=O)[C@@H](C)OC(=O)CC13C[C@H]4C[C@@H](CC(Br)(C4)C1)C3)oc1ccccc12. The van der Waals surface area contributed by atoms with Crippen molar-refractivity contribution in [3.05, 3.63) is 36.4 Å². The minimum Gasteiger partial charge on any atom is -0.495 e. The summed E-state index contributed by atoms with van der Waals surface area (Å²) in [6, 6.07) is 11.4. The van der Waals surface area contributed by atoms with Crippen LogP contribution in [0.2, 0.25) is 0 Å². The Morgan fingerprint density at radius 3 is 2.57 bits per heavy atom. The summed E-state index contributed by atoms with van der Waals surface area (Å²) in [6.07, 6.45) is 6.43. The van der Waals surface area contributed by atoms with Crippen LogP contribution in [0.15, 0.2) is 40.8 Å². The highest BCUT2D eigenvalue weighted by Crippen LogP contribution is 2.65. The Kier molecular flexibility index (Phi) is 5.40. The monoisotopic (exact) mass is 539 g/mol. The van der Waals surface area contributed by atoms with Gasteiger partial charge in [-0.15, -0.1) is 0 Å². The molecule has 4 bridgehead atoms. The Morgan fingerprint density at radius 1 is 1.11 bits per heavy atom. The van der Waals surface area contributed by atoms with Gasteiger partial charge in [0.25, 0.3) is 5.91 Å². The minimum absolute atomic E-state index is 0.0103. The normalized spacial score (nSPS) is 29.9. The van der Waals surface area contributed by atoms with Crippen LogP contribution in [0.3, 0.4) is 0 Å². The molecule has 6 nitrogen and oxygen atoms in total. The van der Waals surface area contributed by atoms with Gasteiger partial charge in [0.1, 0.15) is 16.9 Å². The van der Waals surface area contributed by atoms with Crippen LogP contribution in [0.1, 0.15) is 51.9 Å². The third-order valence-corrected chi connectivity index (χ3v) is 9.19. The summed E-state index contributed by atoms with van der Waals surface area (Å²) < 4.78 is 17.3. The lowest BCUT2D eigenvalue weighted by molar-refractivity contribution is -0.159. The standard InChI is InChI=1S/C28H30BrNO5/c1-16(34-25(31)14-27-10-17-7-18(11-27)13-28(29,12-17)15-27)26(32)30-21-9-23-20(8-24(21)33-2)19-5-3-4-6-22(19)35-23/h3-6,8-9,16-18H,7,10-15H2,1-2H3,(H,30,32)/t16-,17-,18-,27?,28?/m1/s1. The van der Waals surface area contributed by atoms with Gasteiger partial charge in [-0.1, -0.05) is 34.1 Å². The van der Waals surface area contributed by atoms with Gasteiger partial charge in [-0.05, 0) is 74.8 Å². The lowest BCUT2D eigenvalue weighted by Crippen LogP contribution is -2.53. The molecule has 7 heteroatoms. The molecule has 4 fully saturated rings. The molecule has 0 spiro atoms. The second-order valence-electron chi connectivity index (χ2n) is 11.1. The Hall–Kier alpha value is -2.54. The molecule has 3 aromatic rings. The number of hydrogen-bond donors (Lipinski definition) is 1. The number of furan rings is 1. The summed E-state index contributed by atoms with van der Waals surface area (Å²) in [4.78, 5) is 25.9. The number of para-hydroxylation sites is 1. The van der Waals surface area contributed by atoms with E-state index < -0.39 is 12.0 Å². The molecular formula is C28H30BrNO5. The first kappa shape index (κ1) is 22.9. The third kappa shape index (κ3) is 4.11. The van der Waals surface area contributed by atoms with Crippen molar-refractivity contribution >= 4 is 55.4 Å². The average molecular weight is 540 g/mol. The van der Waals surface area contributed by atoms with Crippen molar-refractivity contribution in [3.8, 4) is 5.75 Å². The number of nitrogens with one attached hydrogen (secondary N) is 1. The fourth-order valence-corrected chi connectivity index (χ4v) is 8.90. The van der Waals surface area contributed by atoms with Crippen molar-refractivity contribution < 1.29 is 23.5 Å². The topological polar surface area (TPSA) is 77.8 Å². The number of alkyl halides is 1. The van der Waals surface area contributed by atoms with Crippen LogP contribution >= 0.6 is 15.9 Å². The predicted octanol–water partition coefficient (Wildman–Crippen LogP) is 6.59. The van der Waals surface area contributed by atoms with E-state index in [0.29, 0.717) is 35.3 Å². The van der Waals surface area contributed by atoms with Crippen LogP contribution in [-0.2, 0) is 14.3 Å². The van der Waals surface area contributed by atoms with Crippen molar-refractivity contribution in [3.63, 3.8) is 0 Å². The summed E-state index contributed by atoms with van der Waals surface area (Å²) in [5.41, 5.74) is 1.91. The number of ether oxygens (including phenoxy) is 2. The first-order valence-corrected chi connectivity index (χ1v) is 13.2. The lowest BCUT2D eigenvalue weighted by Gasteiger charge is -2.60. The zero-order valence-corrected chi connectivity index (χ0v) is 21.7. The molecule has 1 N–H and O–H groups in total. The molecule has 0 saturated heterocycles. The number of carbonyl (C=O) groups excluding carboxylic acids is 2. The highest BCUT2D eigenvalue weighted by Gasteiger charge is 2.57. The van der Waals surface area contributed by atoms with Crippen molar-refractivity contribution in [2.45, 2.75) is 62.3 Å². The first-order valence-electron chi connectivity index (χ1n) is 12.4. The Bertz CT molecular complexity index is 1320. The van der Waals surface area contributed by atoms with Gasteiger partial charge in [0.2, 0.25) is 0 Å². The van der Waals surface area contributed by atoms with Crippen molar-refractivity contribution in [2.75, 3.05) is 12.4 Å². The number of amides is 1. The molecule has 1 amide bonds. The van der Waals surface area contributed by atoms with Gasteiger partial charge in [0, 0.05) is 21.2 Å².